The third kappa shape index (κ3) is 6.85. The SMILES string of the molecule is Cc1cccc(CSCCNC(=O)CN(c2cccc(Br)c2)S(=O)(=O)c2ccccc2)c1. The third-order valence-corrected chi connectivity index (χ3v) is 7.95. The number of rotatable bonds is 10. The number of hydrogen-bond acceptors (Lipinski definition) is 4. The Morgan fingerprint density at radius 3 is 2.47 bits per heavy atom. The first-order valence-corrected chi connectivity index (χ1v) is 13.5. The Balaban J connectivity index is 1.62. The summed E-state index contributed by atoms with van der Waals surface area (Å²) in [5.74, 6) is 1.26. The van der Waals surface area contributed by atoms with Crippen molar-refractivity contribution in [1.82, 2.24) is 5.32 Å². The van der Waals surface area contributed by atoms with Gasteiger partial charge in [0.2, 0.25) is 5.91 Å². The van der Waals surface area contributed by atoms with E-state index in [1.165, 1.54) is 23.3 Å². The predicted octanol–water partition coefficient (Wildman–Crippen LogP) is 5.00. The Labute approximate surface area is 202 Å². The lowest BCUT2D eigenvalue weighted by atomic mass is 10.2. The quantitative estimate of drug-likeness (QED) is 0.373. The summed E-state index contributed by atoms with van der Waals surface area (Å²) in [7, 11) is -3.89. The van der Waals surface area contributed by atoms with Crippen molar-refractivity contribution >= 4 is 49.3 Å². The van der Waals surface area contributed by atoms with Crippen LogP contribution in [0.4, 0.5) is 5.69 Å². The van der Waals surface area contributed by atoms with Crippen LogP contribution in [0, 0.1) is 6.92 Å². The molecule has 0 bridgehead atoms. The molecule has 0 spiro atoms. The van der Waals surface area contributed by atoms with Gasteiger partial charge in [0, 0.05) is 22.5 Å². The molecule has 0 aliphatic carbocycles. The number of aryl methyl sites for hydroxylation is 1. The summed E-state index contributed by atoms with van der Waals surface area (Å²) in [6, 6.07) is 23.4. The number of amides is 1. The van der Waals surface area contributed by atoms with Gasteiger partial charge >= 0.3 is 0 Å². The molecule has 3 aromatic rings. The highest BCUT2D eigenvalue weighted by Crippen LogP contribution is 2.26. The van der Waals surface area contributed by atoms with Gasteiger partial charge in [-0.15, -0.1) is 0 Å². The number of nitrogens with one attached hydrogen (secondary N) is 1. The van der Waals surface area contributed by atoms with Gasteiger partial charge in [-0.3, -0.25) is 9.10 Å². The highest BCUT2D eigenvalue weighted by molar-refractivity contribution is 9.10. The Bertz CT molecular complexity index is 1150. The van der Waals surface area contributed by atoms with Crippen molar-refractivity contribution in [3.8, 4) is 0 Å². The summed E-state index contributed by atoms with van der Waals surface area (Å²) < 4.78 is 28.4. The molecule has 0 fully saturated rings. The van der Waals surface area contributed by atoms with Crippen molar-refractivity contribution in [2.75, 3.05) is 23.1 Å². The molecule has 8 heteroatoms. The van der Waals surface area contributed by atoms with Crippen LogP contribution in [-0.4, -0.2) is 33.2 Å². The molecule has 3 aromatic carbocycles. The molecule has 0 saturated heterocycles. The van der Waals surface area contributed by atoms with Crippen molar-refractivity contribution in [1.29, 1.82) is 0 Å². The van der Waals surface area contributed by atoms with E-state index in [1.807, 2.05) is 12.1 Å². The maximum Gasteiger partial charge on any atom is 0.264 e. The smallest absolute Gasteiger partial charge is 0.264 e. The van der Waals surface area contributed by atoms with Crippen LogP contribution in [0.25, 0.3) is 0 Å². The molecular weight excluding hydrogens is 508 g/mol. The topological polar surface area (TPSA) is 66.5 Å². The minimum absolute atomic E-state index is 0.140. The van der Waals surface area contributed by atoms with Gasteiger partial charge < -0.3 is 5.32 Å². The van der Waals surface area contributed by atoms with Crippen molar-refractivity contribution < 1.29 is 13.2 Å². The molecular formula is C24H25BrN2O3S2. The van der Waals surface area contributed by atoms with Crippen LogP contribution in [0.3, 0.4) is 0 Å². The van der Waals surface area contributed by atoms with Crippen LogP contribution in [0.5, 0.6) is 0 Å². The summed E-state index contributed by atoms with van der Waals surface area (Å²) in [5, 5.41) is 2.84. The number of anilines is 1. The summed E-state index contributed by atoms with van der Waals surface area (Å²) in [6.07, 6.45) is 0. The lowest BCUT2D eigenvalue weighted by molar-refractivity contribution is -0.119. The van der Waals surface area contributed by atoms with Gasteiger partial charge in [-0.25, -0.2) is 8.42 Å². The average Bonchev–Trinajstić information content (AvgIpc) is 2.78. The van der Waals surface area contributed by atoms with Crippen LogP contribution in [0.2, 0.25) is 0 Å². The van der Waals surface area contributed by atoms with Gasteiger partial charge in [-0.05, 0) is 42.8 Å². The number of nitrogens with zero attached hydrogens (tertiary/aromatic N) is 1. The number of thioether (sulfide) groups is 1. The van der Waals surface area contributed by atoms with Gasteiger partial charge in [0.1, 0.15) is 6.54 Å². The summed E-state index contributed by atoms with van der Waals surface area (Å²) in [5.41, 5.74) is 2.90. The van der Waals surface area contributed by atoms with Crippen molar-refractivity contribution in [2.45, 2.75) is 17.6 Å². The Morgan fingerprint density at radius 1 is 1.00 bits per heavy atom. The molecule has 32 heavy (non-hydrogen) atoms. The van der Waals surface area contributed by atoms with E-state index in [1.54, 1.807) is 48.2 Å². The second-order valence-corrected chi connectivity index (χ2v) is 11.1. The van der Waals surface area contributed by atoms with E-state index in [4.69, 9.17) is 0 Å². The van der Waals surface area contributed by atoms with Crippen LogP contribution < -0.4 is 9.62 Å². The van der Waals surface area contributed by atoms with E-state index < -0.39 is 10.0 Å². The van der Waals surface area contributed by atoms with Crippen LogP contribution in [-0.2, 0) is 20.6 Å². The molecule has 3 rings (SSSR count). The second-order valence-electron chi connectivity index (χ2n) is 7.20. The maximum absolute atomic E-state index is 13.3. The van der Waals surface area contributed by atoms with Gasteiger partial charge in [0.25, 0.3) is 10.0 Å². The zero-order valence-corrected chi connectivity index (χ0v) is 20.9. The second kappa shape index (κ2) is 11.5. The monoisotopic (exact) mass is 532 g/mol. The summed E-state index contributed by atoms with van der Waals surface area (Å²) in [6.45, 7) is 2.23. The van der Waals surface area contributed by atoms with Crippen molar-refractivity contribution in [3.63, 3.8) is 0 Å². The van der Waals surface area contributed by atoms with Gasteiger partial charge in [0.15, 0.2) is 0 Å². The zero-order valence-electron chi connectivity index (χ0n) is 17.7. The van der Waals surface area contributed by atoms with Crippen LogP contribution in [0.15, 0.2) is 88.2 Å². The van der Waals surface area contributed by atoms with Gasteiger partial charge in [0.05, 0.1) is 10.6 Å². The first-order chi connectivity index (χ1) is 15.4. The largest absolute Gasteiger partial charge is 0.354 e. The van der Waals surface area contributed by atoms with E-state index >= 15 is 0 Å². The molecule has 0 heterocycles. The van der Waals surface area contributed by atoms with E-state index in [9.17, 15) is 13.2 Å². The minimum atomic E-state index is -3.89. The number of benzene rings is 3. The average molecular weight is 534 g/mol. The van der Waals surface area contributed by atoms with Crippen LogP contribution in [0.1, 0.15) is 11.1 Å². The number of hydrogen-bond donors (Lipinski definition) is 1. The van der Waals surface area contributed by atoms with Crippen LogP contribution >= 0.6 is 27.7 Å². The van der Waals surface area contributed by atoms with E-state index in [2.05, 4.69) is 46.4 Å². The van der Waals surface area contributed by atoms with Crippen molar-refractivity contribution in [2.24, 2.45) is 0 Å². The minimum Gasteiger partial charge on any atom is -0.354 e. The zero-order chi connectivity index (χ0) is 23.0. The molecule has 0 radical (unpaired) electrons. The summed E-state index contributed by atoms with van der Waals surface area (Å²) >= 11 is 5.10. The summed E-state index contributed by atoms with van der Waals surface area (Å²) in [4.78, 5) is 12.8. The normalized spacial score (nSPS) is 11.2. The first kappa shape index (κ1) is 24.4. The maximum atomic E-state index is 13.3. The van der Waals surface area contributed by atoms with Gasteiger partial charge in [-0.2, -0.15) is 11.8 Å². The number of carbonyl (C=O) groups is 1. The number of carbonyl (C=O) groups excluding carboxylic acids is 1. The van der Waals surface area contributed by atoms with Gasteiger partial charge in [-0.1, -0.05) is 70.0 Å². The molecule has 1 N–H and O–H groups in total. The Kier molecular flexibility index (Phi) is 8.78. The highest BCUT2D eigenvalue weighted by atomic mass is 79.9. The molecule has 0 atom stereocenters. The third-order valence-electron chi connectivity index (χ3n) is 4.63. The first-order valence-electron chi connectivity index (χ1n) is 10.1. The molecule has 0 unspecified atom stereocenters. The molecule has 168 valence electrons. The predicted molar refractivity (Wildman–Crippen MR) is 135 cm³/mol. The fourth-order valence-electron chi connectivity index (χ4n) is 3.11. The fraction of sp³-hybridized carbons (Fsp3) is 0.208. The molecule has 0 aliphatic heterocycles. The number of halogens is 1. The van der Waals surface area contributed by atoms with E-state index in [0.29, 0.717) is 12.2 Å². The lowest BCUT2D eigenvalue weighted by Gasteiger charge is -2.24. The molecule has 1 amide bonds. The van der Waals surface area contributed by atoms with E-state index in [-0.39, 0.29) is 17.3 Å². The molecule has 0 saturated carbocycles. The molecule has 0 aliphatic rings. The standard InChI is InChI=1S/C24H25BrN2O3S2/c1-19-7-5-8-20(15-19)18-31-14-13-26-24(28)17-27(22-10-6-9-21(25)16-22)32(29,30)23-11-3-2-4-12-23/h2-12,15-16H,13-14,17-18H2,1H3,(H,26,28). The Hall–Kier alpha value is -2.29. The molecule has 0 aromatic heterocycles. The number of sulfonamides is 1. The van der Waals surface area contributed by atoms with E-state index in [0.717, 1.165) is 20.3 Å². The fourth-order valence-corrected chi connectivity index (χ4v) is 5.73. The van der Waals surface area contributed by atoms with Crippen molar-refractivity contribution in [3.05, 3.63) is 94.5 Å². The lowest BCUT2D eigenvalue weighted by Crippen LogP contribution is -2.41. The molecule has 5 nitrogen and oxygen atoms in total. The Morgan fingerprint density at radius 2 is 1.75 bits per heavy atom. The highest BCUT2D eigenvalue weighted by Gasteiger charge is 2.27.